The molecule has 108 valence electrons. The van der Waals surface area contributed by atoms with E-state index in [1.54, 1.807) is 0 Å². The molecule has 1 N–H and O–H groups in total. The standard InChI is InChI=1S/C16H21BrN2O/c1-18-14-9-16(6-7-19(10-16)12-3-4-12)20-15-8-11(17)2-5-13(14)15/h2,5,8,12,14,18H,3-4,6-7,9-10H2,1H3. The van der Waals surface area contributed by atoms with E-state index in [9.17, 15) is 0 Å². The van der Waals surface area contributed by atoms with Gasteiger partial charge in [0.2, 0.25) is 0 Å². The molecule has 4 rings (SSSR count). The van der Waals surface area contributed by atoms with Gasteiger partial charge >= 0.3 is 0 Å². The lowest BCUT2D eigenvalue weighted by Gasteiger charge is -2.40. The van der Waals surface area contributed by atoms with Gasteiger partial charge in [-0.3, -0.25) is 4.90 Å². The number of likely N-dealkylation sites (tertiary alicyclic amines) is 1. The zero-order valence-electron chi connectivity index (χ0n) is 11.9. The molecule has 3 nitrogen and oxygen atoms in total. The Labute approximate surface area is 128 Å². The highest BCUT2D eigenvalue weighted by atomic mass is 79.9. The fourth-order valence-electron chi connectivity index (χ4n) is 3.78. The molecule has 2 unspecified atom stereocenters. The third-order valence-electron chi connectivity index (χ3n) is 5.01. The van der Waals surface area contributed by atoms with Crippen LogP contribution in [-0.4, -0.2) is 36.7 Å². The predicted octanol–water partition coefficient (Wildman–Crippen LogP) is 3.10. The van der Waals surface area contributed by atoms with Crippen LogP contribution in [0.15, 0.2) is 22.7 Å². The van der Waals surface area contributed by atoms with Crippen LogP contribution in [0.3, 0.4) is 0 Å². The van der Waals surface area contributed by atoms with Crippen molar-refractivity contribution < 1.29 is 4.74 Å². The second-order valence-corrected chi connectivity index (χ2v) is 7.38. The maximum Gasteiger partial charge on any atom is 0.126 e. The summed E-state index contributed by atoms with van der Waals surface area (Å²) < 4.78 is 7.59. The fourth-order valence-corrected chi connectivity index (χ4v) is 4.12. The Hall–Kier alpha value is -0.580. The highest BCUT2D eigenvalue weighted by Gasteiger charge is 2.48. The maximum absolute atomic E-state index is 6.49. The Morgan fingerprint density at radius 2 is 2.25 bits per heavy atom. The van der Waals surface area contributed by atoms with Crippen LogP contribution >= 0.6 is 15.9 Å². The van der Waals surface area contributed by atoms with Gasteiger partial charge in [0.05, 0.1) is 0 Å². The number of ether oxygens (including phenoxy) is 1. The van der Waals surface area contributed by atoms with E-state index >= 15 is 0 Å². The summed E-state index contributed by atoms with van der Waals surface area (Å²) in [6, 6.07) is 7.66. The van der Waals surface area contributed by atoms with Crippen LogP contribution in [0.1, 0.15) is 37.3 Å². The van der Waals surface area contributed by atoms with E-state index in [-0.39, 0.29) is 5.60 Å². The van der Waals surface area contributed by atoms with Crippen LogP contribution in [0, 0.1) is 0 Å². The minimum atomic E-state index is 0.0179. The van der Waals surface area contributed by atoms with Crippen molar-refractivity contribution in [2.24, 2.45) is 0 Å². The number of fused-ring (bicyclic) bond motifs is 1. The lowest BCUT2D eigenvalue weighted by atomic mass is 9.86. The number of nitrogens with zero attached hydrogens (tertiary/aromatic N) is 1. The summed E-state index contributed by atoms with van der Waals surface area (Å²) >= 11 is 3.56. The molecular weight excluding hydrogens is 316 g/mol. The molecule has 2 atom stereocenters. The molecule has 3 aliphatic rings. The van der Waals surface area contributed by atoms with E-state index in [1.165, 1.54) is 24.9 Å². The molecule has 2 fully saturated rings. The first-order valence-corrected chi connectivity index (χ1v) is 8.38. The topological polar surface area (TPSA) is 24.5 Å². The number of benzene rings is 1. The summed E-state index contributed by atoms with van der Waals surface area (Å²) in [7, 11) is 2.06. The van der Waals surface area contributed by atoms with Crippen molar-refractivity contribution in [3.8, 4) is 5.75 Å². The minimum Gasteiger partial charge on any atom is -0.485 e. The van der Waals surface area contributed by atoms with E-state index in [1.807, 2.05) is 0 Å². The number of nitrogens with one attached hydrogen (secondary N) is 1. The molecule has 0 amide bonds. The maximum atomic E-state index is 6.49. The largest absolute Gasteiger partial charge is 0.485 e. The Balaban J connectivity index is 1.64. The van der Waals surface area contributed by atoms with Crippen molar-refractivity contribution in [2.75, 3.05) is 20.1 Å². The second-order valence-electron chi connectivity index (χ2n) is 6.46. The molecule has 2 aliphatic heterocycles. The number of hydrogen-bond donors (Lipinski definition) is 1. The van der Waals surface area contributed by atoms with Crippen LogP contribution in [0.25, 0.3) is 0 Å². The highest BCUT2D eigenvalue weighted by Crippen LogP contribution is 2.46. The molecule has 0 aromatic heterocycles. The first-order valence-electron chi connectivity index (χ1n) is 7.59. The molecule has 1 aliphatic carbocycles. The van der Waals surface area contributed by atoms with Crippen molar-refractivity contribution >= 4 is 15.9 Å². The molecular formula is C16H21BrN2O. The summed E-state index contributed by atoms with van der Waals surface area (Å²) in [5, 5.41) is 3.48. The smallest absolute Gasteiger partial charge is 0.126 e. The van der Waals surface area contributed by atoms with Crippen LogP contribution in [-0.2, 0) is 0 Å². The van der Waals surface area contributed by atoms with Gasteiger partial charge < -0.3 is 10.1 Å². The average molecular weight is 337 g/mol. The van der Waals surface area contributed by atoms with Gasteiger partial charge in [-0.05, 0) is 32.0 Å². The summed E-state index contributed by atoms with van der Waals surface area (Å²) in [6.45, 7) is 2.30. The third-order valence-corrected chi connectivity index (χ3v) is 5.50. The van der Waals surface area contributed by atoms with E-state index < -0.39 is 0 Å². The Morgan fingerprint density at radius 1 is 1.40 bits per heavy atom. The molecule has 20 heavy (non-hydrogen) atoms. The predicted molar refractivity (Wildman–Crippen MR) is 83.1 cm³/mol. The molecule has 1 saturated heterocycles. The summed E-state index contributed by atoms with van der Waals surface area (Å²) in [4.78, 5) is 2.63. The van der Waals surface area contributed by atoms with Gasteiger partial charge in [-0.25, -0.2) is 0 Å². The van der Waals surface area contributed by atoms with Crippen molar-refractivity contribution in [1.82, 2.24) is 10.2 Å². The zero-order chi connectivity index (χ0) is 13.7. The molecule has 1 saturated carbocycles. The summed E-state index contributed by atoms with van der Waals surface area (Å²) in [5.41, 5.74) is 1.32. The highest BCUT2D eigenvalue weighted by molar-refractivity contribution is 9.10. The van der Waals surface area contributed by atoms with Gasteiger partial charge in [0.1, 0.15) is 11.4 Å². The molecule has 1 aromatic carbocycles. The van der Waals surface area contributed by atoms with Crippen molar-refractivity contribution in [1.29, 1.82) is 0 Å². The zero-order valence-corrected chi connectivity index (χ0v) is 13.4. The Kier molecular flexibility index (Phi) is 3.09. The summed E-state index contributed by atoms with van der Waals surface area (Å²) in [5.74, 6) is 1.06. The SMILES string of the molecule is CNC1CC2(CCN(C3CC3)C2)Oc2cc(Br)ccc21. The Morgan fingerprint density at radius 3 is 3.00 bits per heavy atom. The molecule has 1 aromatic rings. The first kappa shape index (κ1) is 13.1. The van der Waals surface area contributed by atoms with Crippen molar-refractivity contribution in [3.63, 3.8) is 0 Å². The van der Waals surface area contributed by atoms with Gasteiger partial charge in [-0.15, -0.1) is 0 Å². The van der Waals surface area contributed by atoms with Gasteiger partial charge in [0.25, 0.3) is 0 Å². The van der Waals surface area contributed by atoms with Crippen LogP contribution < -0.4 is 10.1 Å². The van der Waals surface area contributed by atoms with Gasteiger partial charge in [0, 0.05) is 48.1 Å². The average Bonchev–Trinajstić information content (AvgIpc) is 3.21. The molecule has 4 heteroatoms. The van der Waals surface area contributed by atoms with E-state index in [2.05, 4.69) is 51.4 Å². The van der Waals surface area contributed by atoms with Crippen LogP contribution in [0.4, 0.5) is 0 Å². The fraction of sp³-hybridized carbons (Fsp3) is 0.625. The molecule has 2 heterocycles. The third kappa shape index (κ3) is 2.18. The van der Waals surface area contributed by atoms with E-state index in [0.29, 0.717) is 6.04 Å². The van der Waals surface area contributed by atoms with E-state index in [4.69, 9.17) is 4.74 Å². The van der Waals surface area contributed by atoms with E-state index in [0.717, 1.165) is 35.7 Å². The first-order chi connectivity index (χ1) is 9.69. The van der Waals surface area contributed by atoms with Crippen LogP contribution in [0.5, 0.6) is 5.75 Å². The second kappa shape index (κ2) is 4.72. The summed E-state index contributed by atoms with van der Waals surface area (Å²) in [6.07, 6.45) is 5.01. The van der Waals surface area contributed by atoms with Crippen LogP contribution in [0.2, 0.25) is 0 Å². The van der Waals surface area contributed by atoms with Gasteiger partial charge in [-0.2, -0.15) is 0 Å². The van der Waals surface area contributed by atoms with Gasteiger partial charge in [0.15, 0.2) is 0 Å². The lowest BCUT2D eigenvalue weighted by molar-refractivity contribution is 0.0388. The number of rotatable bonds is 2. The van der Waals surface area contributed by atoms with Gasteiger partial charge in [-0.1, -0.05) is 22.0 Å². The van der Waals surface area contributed by atoms with Crippen molar-refractivity contribution in [2.45, 2.75) is 43.4 Å². The normalized spacial score (nSPS) is 33.2. The number of hydrogen-bond acceptors (Lipinski definition) is 3. The Bertz CT molecular complexity index is 531. The number of halogens is 1. The molecule has 0 bridgehead atoms. The molecule has 0 radical (unpaired) electrons. The monoisotopic (exact) mass is 336 g/mol. The lowest BCUT2D eigenvalue weighted by Crippen LogP contribution is -2.46. The minimum absolute atomic E-state index is 0.0179. The quantitative estimate of drug-likeness (QED) is 0.898. The molecule has 1 spiro atoms. The van der Waals surface area contributed by atoms with Crippen molar-refractivity contribution in [3.05, 3.63) is 28.2 Å².